The first-order valence-corrected chi connectivity index (χ1v) is 8.75. The van der Waals surface area contributed by atoms with Crippen molar-refractivity contribution in [1.82, 2.24) is 0 Å². The molecule has 1 heteroatoms. The number of hydrogen-bond acceptors (Lipinski definition) is 1. The first kappa shape index (κ1) is 6.45. The Bertz CT molecular complexity index is 2370. The van der Waals surface area contributed by atoms with Crippen LogP contribution in [0.2, 0.25) is 0 Å². The molecule has 0 amide bonds. The van der Waals surface area contributed by atoms with E-state index in [1.165, 1.54) is 0 Å². The Labute approximate surface area is 214 Å². The van der Waals surface area contributed by atoms with Crippen molar-refractivity contribution in [2.24, 2.45) is 0 Å². The van der Waals surface area contributed by atoms with E-state index in [0.29, 0.717) is 0 Å². The van der Waals surface area contributed by atoms with E-state index in [1.807, 2.05) is 0 Å². The number of benzene rings is 5. The highest BCUT2D eigenvalue weighted by Gasteiger charge is 2.07. The monoisotopic (exact) mass is 419 g/mol. The number of hydrogen-bond donors (Lipinski definition) is 1. The van der Waals surface area contributed by atoms with Gasteiger partial charge in [-0.05, 0) is 52.0 Å². The van der Waals surface area contributed by atoms with Gasteiger partial charge in [-0.3, -0.25) is 0 Å². The number of rotatable bonds is 5. The molecule has 0 unspecified atom stereocenters. The van der Waals surface area contributed by atoms with Crippen LogP contribution in [0.4, 0.5) is 11.4 Å². The molecule has 0 heterocycles. The Morgan fingerprint density at radius 3 is 1.65 bits per heavy atom. The summed E-state index contributed by atoms with van der Waals surface area (Å²) in [5.41, 5.74) is -5.73. The van der Waals surface area contributed by atoms with Crippen LogP contribution in [0.15, 0.2) is 133 Å². The van der Waals surface area contributed by atoms with E-state index < -0.39 is 178 Å². The molecule has 31 heavy (non-hydrogen) atoms. The molecule has 148 valence electrons. The standard InChI is InChI=1S/C30H23N/c1-3-10-23(11-4-1)25-18-20-28(21-19-25)31-30-17-8-7-16-29(30)27-15-9-14-26(22-27)24-12-5-2-6-13-24/h1-22,31H/i1D,2D,3D,4D,5D,6D,7D,8D,9D,10D,11D,12D,13D,14D,15D,16D,17D,18D,19D,20D,21D,22D. The Balaban J connectivity index is 1.88. The molecule has 0 aliphatic carbocycles. The van der Waals surface area contributed by atoms with Crippen molar-refractivity contribution in [2.75, 3.05) is 5.32 Å². The molecule has 0 radical (unpaired) electrons. The quantitative estimate of drug-likeness (QED) is 0.301. The van der Waals surface area contributed by atoms with Gasteiger partial charge in [0.25, 0.3) is 0 Å². The smallest absolute Gasteiger partial charge is 0.0645 e. The van der Waals surface area contributed by atoms with Crippen LogP contribution in [0, 0.1) is 0 Å². The van der Waals surface area contributed by atoms with Crippen molar-refractivity contribution in [1.29, 1.82) is 0 Å². The lowest BCUT2D eigenvalue weighted by Crippen LogP contribution is -1.93. The highest BCUT2D eigenvalue weighted by Crippen LogP contribution is 2.33. The number of nitrogens with one attached hydrogen (secondary N) is 1. The molecule has 0 saturated heterocycles. The summed E-state index contributed by atoms with van der Waals surface area (Å²) in [5, 5.41) is 2.45. The van der Waals surface area contributed by atoms with E-state index in [-0.39, 0.29) is 0 Å². The Morgan fingerprint density at radius 2 is 0.935 bits per heavy atom. The van der Waals surface area contributed by atoms with Gasteiger partial charge < -0.3 is 5.32 Å². The molecule has 0 fully saturated rings. The van der Waals surface area contributed by atoms with Gasteiger partial charge >= 0.3 is 0 Å². The van der Waals surface area contributed by atoms with Crippen molar-refractivity contribution in [3.8, 4) is 33.4 Å². The summed E-state index contributed by atoms with van der Waals surface area (Å²) in [5.74, 6) is 0. The summed E-state index contributed by atoms with van der Waals surface area (Å²) < 4.78 is 185. The van der Waals surface area contributed by atoms with Crippen LogP contribution >= 0.6 is 0 Å². The van der Waals surface area contributed by atoms with Gasteiger partial charge in [-0.1, -0.05) is 109 Å². The minimum Gasteiger partial charge on any atom is -0.355 e. The first-order chi connectivity index (χ1) is 24.5. The second kappa shape index (κ2) is 8.73. The van der Waals surface area contributed by atoms with Crippen LogP contribution in [-0.4, -0.2) is 0 Å². The highest BCUT2D eigenvalue weighted by atomic mass is 14.9. The molecule has 1 nitrogen and oxygen atoms in total. The molecule has 5 aromatic rings. The molecular weight excluding hydrogens is 374 g/mol. The Hall–Kier alpha value is -4.10. The third-order valence-corrected chi connectivity index (χ3v) is 3.94. The summed E-state index contributed by atoms with van der Waals surface area (Å²) in [6, 6.07) is -19.3. The molecule has 0 atom stereocenters. The van der Waals surface area contributed by atoms with Crippen LogP contribution in [0.3, 0.4) is 0 Å². The molecule has 5 aromatic carbocycles. The van der Waals surface area contributed by atoms with Crippen LogP contribution in [-0.2, 0) is 0 Å². The maximum atomic E-state index is 9.07. The van der Waals surface area contributed by atoms with Crippen molar-refractivity contribution >= 4 is 11.4 Å². The maximum Gasteiger partial charge on any atom is 0.0645 e. The van der Waals surface area contributed by atoms with E-state index in [4.69, 9.17) is 30.2 Å². The zero-order valence-electron chi connectivity index (χ0n) is 37.5. The van der Waals surface area contributed by atoms with Gasteiger partial charge in [-0.25, -0.2) is 0 Å². The molecule has 1 N–H and O–H groups in total. The van der Waals surface area contributed by atoms with Gasteiger partial charge in [0.15, 0.2) is 0 Å². The molecule has 0 aliphatic rings. The average molecular weight is 420 g/mol. The third-order valence-electron chi connectivity index (χ3n) is 3.94. The highest BCUT2D eigenvalue weighted by molar-refractivity contribution is 5.83. The second-order valence-electron chi connectivity index (χ2n) is 5.88. The zero-order chi connectivity index (χ0) is 40.0. The van der Waals surface area contributed by atoms with E-state index in [9.17, 15) is 0 Å². The lowest BCUT2D eigenvalue weighted by molar-refractivity contribution is 1.52. The van der Waals surface area contributed by atoms with Gasteiger partial charge in [-0.2, -0.15) is 0 Å². The van der Waals surface area contributed by atoms with Gasteiger partial charge in [-0.15, -0.1) is 0 Å². The fourth-order valence-electron chi connectivity index (χ4n) is 2.56. The van der Waals surface area contributed by atoms with Gasteiger partial charge in [0.2, 0.25) is 0 Å². The molecule has 5 rings (SSSR count). The van der Waals surface area contributed by atoms with Crippen molar-refractivity contribution in [3.63, 3.8) is 0 Å². The van der Waals surface area contributed by atoms with Crippen LogP contribution in [0.1, 0.15) is 30.2 Å². The maximum absolute atomic E-state index is 9.07. The normalized spacial score (nSPS) is 20.5. The van der Waals surface area contributed by atoms with Gasteiger partial charge in [0, 0.05) is 16.9 Å². The van der Waals surface area contributed by atoms with E-state index in [0.717, 1.165) is 0 Å². The molecule has 0 aliphatic heterocycles. The fourth-order valence-corrected chi connectivity index (χ4v) is 2.56. The lowest BCUT2D eigenvalue weighted by Gasteiger charge is -2.14. The zero-order valence-corrected chi connectivity index (χ0v) is 15.5. The average Bonchev–Trinajstić information content (AvgIpc) is 3.13. The Morgan fingerprint density at radius 1 is 0.419 bits per heavy atom. The van der Waals surface area contributed by atoms with E-state index in [1.54, 1.807) is 0 Å². The molecule has 0 spiro atoms. The third kappa shape index (κ3) is 4.26. The predicted octanol–water partition coefficient (Wildman–Crippen LogP) is 8.43. The van der Waals surface area contributed by atoms with Crippen LogP contribution in [0.5, 0.6) is 0 Å². The molecule has 0 bridgehead atoms. The summed E-state index contributed by atoms with van der Waals surface area (Å²) in [6.07, 6.45) is 0. The van der Waals surface area contributed by atoms with Crippen molar-refractivity contribution < 1.29 is 30.2 Å². The molecule has 0 saturated carbocycles. The summed E-state index contributed by atoms with van der Waals surface area (Å²) in [6.45, 7) is 0. The minimum absolute atomic E-state index is 0.641. The lowest BCUT2D eigenvalue weighted by atomic mass is 9.98. The molecular formula is C30H23N. The Kier molecular flexibility index (Phi) is 1.81. The minimum atomic E-state index is -0.955. The van der Waals surface area contributed by atoms with Gasteiger partial charge in [0.1, 0.15) is 0 Å². The SMILES string of the molecule is [2H]c1c([2H])c([2H])c(-c2c([2H])c([2H])c(Nc3c([2H])c([2H])c([2H])c([2H])c3-c3c([2H])c([2H])c([2H])c(-c4c([2H])c([2H])c([2H])c([2H])c4[2H])c3[2H])c([2H])c2[2H])c([2H])c1[2H]. The van der Waals surface area contributed by atoms with E-state index >= 15 is 0 Å². The predicted molar refractivity (Wildman–Crippen MR) is 132 cm³/mol. The summed E-state index contributed by atoms with van der Waals surface area (Å²) in [7, 11) is 0. The second-order valence-corrected chi connectivity index (χ2v) is 5.88. The molecule has 0 aromatic heterocycles. The van der Waals surface area contributed by atoms with Crippen molar-refractivity contribution in [3.05, 3.63) is 133 Å². The first-order valence-electron chi connectivity index (χ1n) is 19.8. The van der Waals surface area contributed by atoms with Crippen molar-refractivity contribution in [2.45, 2.75) is 0 Å². The van der Waals surface area contributed by atoms with Crippen LogP contribution < -0.4 is 5.32 Å². The topological polar surface area (TPSA) is 12.0 Å². The summed E-state index contributed by atoms with van der Waals surface area (Å²) in [4.78, 5) is 0. The van der Waals surface area contributed by atoms with E-state index in [2.05, 4.69) is 5.32 Å². The fraction of sp³-hybridized carbons (Fsp3) is 0. The summed E-state index contributed by atoms with van der Waals surface area (Å²) >= 11 is 0. The largest absolute Gasteiger partial charge is 0.355 e. The van der Waals surface area contributed by atoms with Gasteiger partial charge in [0.05, 0.1) is 30.2 Å². The number of para-hydroxylation sites is 1. The number of anilines is 2. The van der Waals surface area contributed by atoms with Crippen LogP contribution in [0.25, 0.3) is 33.4 Å².